The van der Waals surface area contributed by atoms with Crippen molar-refractivity contribution in [3.63, 3.8) is 0 Å². The molecule has 1 atom stereocenters. The van der Waals surface area contributed by atoms with Gasteiger partial charge in [-0.05, 0) is 42.3 Å². The second-order valence-corrected chi connectivity index (χ2v) is 4.97. The van der Waals surface area contributed by atoms with E-state index in [4.69, 9.17) is 0 Å². The van der Waals surface area contributed by atoms with Gasteiger partial charge in [0.05, 0.1) is 5.56 Å². The first kappa shape index (κ1) is 16.4. The van der Waals surface area contributed by atoms with Crippen LogP contribution in [0.25, 0.3) is 0 Å². The maximum absolute atomic E-state index is 13.1. The standard InChI is InChI=1S/C16H14F5N/c1-10(12-3-2-4-13(8-12)16(19,20)21)22-9-11-5-6-14(17)15(18)7-11/h2-8,10,22H,9H2,1H3. The number of hydrogen-bond donors (Lipinski definition) is 1. The average molecular weight is 315 g/mol. The van der Waals surface area contributed by atoms with E-state index in [2.05, 4.69) is 5.32 Å². The monoisotopic (exact) mass is 315 g/mol. The highest BCUT2D eigenvalue weighted by Crippen LogP contribution is 2.30. The zero-order valence-electron chi connectivity index (χ0n) is 11.7. The van der Waals surface area contributed by atoms with Gasteiger partial charge in [0.15, 0.2) is 11.6 Å². The molecule has 1 unspecified atom stereocenters. The highest BCUT2D eigenvalue weighted by molar-refractivity contribution is 5.28. The Morgan fingerprint density at radius 2 is 1.73 bits per heavy atom. The highest BCUT2D eigenvalue weighted by atomic mass is 19.4. The molecule has 2 aromatic carbocycles. The van der Waals surface area contributed by atoms with Crippen LogP contribution in [0, 0.1) is 11.6 Å². The van der Waals surface area contributed by atoms with Gasteiger partial charge < -0.3 is 5.32 Å². The average Bonchev–Trinajstić information content (AvgIpc) is 2.47. The van der Waals surface area contributed by atoms with Crippen LogP contribution in [0.2, 0.25) is 0 Å². The van der Waals surface area contributed by atoms with Gasteiger partial charge in [-0.15, -0.1) is 0 Å². The van der Waals surface area contributed by atoms with Crippen molar-refractivity contribution in [1.29, 1.82) is 0 Å². The first-order valence-electron chi connectivity index (χ1n) is 6.62. The Balaban J connectivity index is 2.06. The molecule has 22 heavy (non-hydrogen) atoms. The Kier molecular flexibility index (Phi) is 4.81. The quantitative estimate of drug-likeness (QED) is 0.797. The van der Waals surface area contributed by atoms with Crippen molar-refractivity contribution in [2.24, 2.45) is 0 Å². The lowest BCUT2D eigenvalue weighted by Crippen LogP contribution is -2.19. The topological polar surface area (TPSA) is 12.0 Å². The van der Waals surface area contributed by atoms with Gasteiger partial charge in [-0.2, -0.15) is 13.2 Å². The van der Waals surface area contributed by atoms with E-state index in [1.807, 2.05) is 0 Å². The second-order valence-electron chi connectivity index (χ2n) is 4.97. The molecule has 2 aromatic rings. The Morgan fingerprint density at radius 1 is 1.00 bits per heavy atom. The van der Waals surface area contributed by atoms with Crippen LogP contribution in [-0.4, -0.2) is 0 Å². The molecule has 0 spiro atoms. The van der Waals surface area contributed by atoms with Gasteiger partial charge in [0, 0.05) is 12.6 Å². The number of nitrogens with one attached hydrogen (secondary N) is 1. The molecule has 0 amide bonds. The number of hydrogen-bond acceptors (Lipinski definition) is 1. The third-order valence-electron chi connectivity index (χ3n) is 3.31. The van der Waals surface area contributed by atoms with Crippen LogP contribution in [0.4, 0.5) is 22.0 Å². The summed E-state index contributed by atoms with van der Waals surface area (Å²) in [7, 11) is 0. The van der Waals surface area contributed by atoms with Gasteiger partial charge in [0.2, 0.25) is 0 Å². The van der Waals surface area contributed by atoms with Crippen molar-refractivity contribution in [3.05, 3.63) is 70.8 Å². The fourth-order valence-electron chi connectivity index (χ4n) is 2.02. The second kappa shape index (κ2) is 6.44. The number of alkyl halides is 3. The lowest BCUT2D eigenvalue weighted by atomic mass is 10.0. The third kappa shape index (κ3) is 4.04. The molecule has 0 aliphatic carbocycles. The molecule has 0 aliphatic heterocycles. The first-order valence-corrected chi connectivity index (χ1v) is 6.62. The third-order valence-corrected chi connectivity index (χ3v) is 3.31. The summed E-state index contributed by atoms with van der Waals surface area (Å²) in [6, 6.07) is 8.13. The van der Waals surface area contributed by atoms with E-state index < -0.39 is 23.4 Å². The van der Waals surface area contributed by atoms with Gasteiger partial charge in [0.1, 0.15) is 0 Å². The van der Waals surface area contributed by atoms with Gasteiger partial charge in [-0.25, -0.2) is 8.78 Å². The molecular weight excluding hydrogens is 301 g/mol. The van der Waals surface area contributed by atoms with Crippen molar-refractivity contribution in [2.45, 2.75) is 25.7 Å². The fraction of sp³-hybridized carbons (Fsp3) is 0.250. The Bertz CT molecular complexity index is 651. The SMILES string of the molecule is CC(NCc1ccc(F)c(F)c1)c1cccc(C(F)(F)F)c1. The summed E-state index contributed by atoms with van der Waals surface area (Å²) < 4.78 is 63.9. The molecule has 0 radical (unpaired) electrons. The van der Waals surface area contributed by atoms with Gasteiger partial charge in [-0.1, -0.05) is 18.2 Å². The van der Waals surface area contributed by atoms with E-state index in [0.29, 0.717) is 11.1 Å². The molecule has 0 saturated carbocycles. The Labute approximate surface area is 124 Å². The van der Waals surface area contributed by atoms with Gasteiger partial charge in [-0.3, -0.25) is 0 Å². The van der Waals surface area contributed by atoms with E-state index in [1.54, 1.807) is 13.0 Å². The van der Waals surface area contributed by atoms with Gasteiger partial charge in [0.25, 0.3) is 0 Å². The van der Waals surface area contributed by atoms with Gasteiger partial charge >= 0.3 is 6.18 Å². The molecule has 1 N–H and O–H groups in total. The van der Waals surface area contributed by atoms with E-state index in [9.17, 15) is 22.0 Å². The normalized spacial score (nSPS) is 13.2. The summed E-state index contributed by atoms with van der Waals surface area (Å²) in [5.74, 6) is -1.89. The summed E-state index contributed by atoms with van der Waals surface area (Å²) in [6.45, 7) is 1.92. The Morgan fingerprint density at radius 3 is 2.36 bits per heavy atom. The number of benzene rings is 2. The molecule has 1 nitrogen and oxygen atoms in total. The lowest BCUT2D eigenvalue weighted by molar-refractivity contribution is -0.137. The molecule has 0 fully saturated rings. The predicted molar refractivity (Wildman–Crippen MR) is 73.1 cm³/mol. The minimum atomic E-state index is -4.39. The van der Waals surface area contributed by atoms with Crippen molar-refractivity contribution >= 4 is 0 Å². The zero-order chi connectivity index (χ0) is 16.3. The van der Waals surface area contributed by atoms with Crippen molar-refractivity contribution in [1.82, 2.24) is 5.32 Å². The summed E-state index contributed by atoms with van der Waals surface area (Å²) >= 11 is 0. The summed E-state index contributed by atoms with van der Waals surface area (Å²) in [4.78, 5) is 0. The van der Waals surface area contributed by atoms with Crippen molar-refractivity contribution in [3.8, 4) is 0 Å². The van der Waals surface area contributed by atoms with Crippen LogP contribution < -0.4 is 5.32 Å². The largest absolute Gasteiger partial charge is 0.416 e. The predicted octanol–water partition coefficient (Wildman–Crippen LogP) is 4.83. The first-order chi connectivity index (χ1) is 10.3. The summed E-state index contributed by atoms with van der Waals surface area (Å²) in [5.41, 5.74) is 0.265. The summed E-state index contributed by atoms with van der Waals surface area (Å²) in [6.07, 6.45) is -4.39. The molecule has 2 rings (SSSR count). The smallest absolute Gasteiger partial charge is 0.306 e. The van der Waals surface area contributed by atoms with Crippen molar-refractivity contribution in [2.75, 3.05) is 0 Å². The van der Waals surface area contributed by atoms with E-state index in [-0.39, 0.29) is 12.6 Å². The highest BCUT2D eigenvalue weighted by Gasteiger charge is 2.30. The van der Waals surface area contributed by atoms with Crippen LogP contribution >= 0.6 is 0 Å². The van der Waals surface area contributed by atoms with E-state index in [0.717, 1.165) is 24.3 Å². The molecular formula is C16H14F5N. The minimum Gasteiger partial charge on any atom is -0.306 e. The van der Waals surface area contributed by atoms with E-state index in [1.165, 1.54) is 12.1 Å². The lowest BCUT2D eigenvalue weighted by Gasteiger charge is -2.16. The number of halogens is 5. The molecule has 6 heteroatoms. The zero-order valence-corrected chi connectivity index (χ0v) is 11.7. The molecule has 0 aromatic heterocycles. The Hall–Kier alpha value is -1.95. The fourth-order valence-corrected chi connectivity index (χ4v) is 2.02. The maximum Gasteiger partial charge on any atom is 0.416 e. The van der Waals surface area contributed by atoms with Crippen LogP contribution in [-0.2, 0) is 12.7 Å². The number of rotatable bonds is 4. The molecule has 0 saturated heterocycles. The molecule has 118 valence electrons. The van der Waals surface area contributed by atoms with Crippen LogP contribution in [0.15, 0.2) is 42.5 Å². The van der Waals surface area contributed by atoms with Crippen LogP contribution in [0.5, 0.6) is 0 Å². The van der Waals surface area contributed by atoms with Crippen LogP contribution in [0.3, 0.4) is 0 Å². The maximum atomic E-state index is 13.1. The van der Waals surface area contributed by atoms with Crippen molar-refractivity contribution < 1.29 is 22.0 Å². The molecule has 0 heterocycles. The van der Waals surface area contributed by atoms with E-state index >= 15 is 0 Å². The summed E-state index contributed by atoms with van der Waals surface area (Å²) in [5, 5.41) is 2.98. The molecule has 0 bridgehead atoms. The van der Waals surface area contributed by atoms with Crippen LogP contribution in [0.1, 0.15) is 29.7 Å². The minimum absolute atomic E-state index is 0.217. The molecule has 0 aliphatic rings.